The number of anilines is 1. The van der Waals surface area contributed by atoms with Crippen molar-refractivity contribution < 1.29 is 19.2 Å². The Morgan fingerprint density at radius 3 is 2.44 bits per heavy atom. The Hall–Kier alpha value is -3.19. The second kappa shape index (κ2) is 8.95. The summed E-state index contributed by atoms with van der Waals surface area (Å²) in [6.45, 7) is 3.46. The average molecular weight is 389 g/mol. The van der Waals surface area contributed by atoms with E-state index in [4.69, 9.17) is 16.3 Å². The first-order valence-electron chi connectivity index (χ1n) is 7.93. The number of benzene rings is 2. The molecule has 0 saturated heterocycles. The number of nitro benzene ring substituents is 1. The fourth-order valence-electron chi connectivity index (χ4n) is 2.22. The number of nitrogens with zero attached hydrogens (tertiary/aromatic N) is 1. The van der Waals surface area contributed by atoms with E-state index in [1.807, 2.05) is 0 Å². The molecule has 0 bridgehead atoms. The van der Waals surface area contributed by atoms with Gasteiger partial charge in [-0.1, -0.05) is 47.5 Å². The van der Waals surface area contributed by atoms with Gasteiger partial charge in [-0.25, -0.2) is 4.79 Å². The van der Waals surface area contributed by atoms with Crippen molar-refractivity contribution in [3.05, 3.63) is 80.9 Å². The molecular weight excluding hydrogens is 372 g/mol. The number of hydrogen-bond acceptors (Lipinski definition) is 5. The number of allylic oxidation sites excluding steroid dienone is 1. The third-order valence-corrected chi connectivity index (χ3v) is 3.71. The van der Waals surface area contributed by atoms with Crippen molar-refractivity contribution in [3.63, 3.8) is 0 Å². The van der Waals surface area contributed by atoms with Crippen LogP contribution in [0.5, 0.6) is 0 Å². The minimum atomic E-state index is -1.22. The molecule has 0 radical (unpaired) electrons. The minimum Gasteiger partial charge on any atom is -0.444 e. The standard InChI is InChI=1S/C19H17ClN2O5/c1-12(2)10-17(23)27-18(13-6-4-3-5-7-13)19(24)21-14-8-9-15(20)16(11-14)22(25)26/h3-11,18H,1-2H3,(H,21,24)/t18-/m1/s1. The number of ether oxygens (including phenoxy) is 1. The largest absolute Gasteiger partial charge is 0.444 e. The highest BCUT2D eigenvalue weighted by Crippen LogP contribution is 2.28. The zero-order valence-corrected chi connectivity index (χ0v) is 15.4. The predicted molar refractivity (Wildman–Crippen MR) is 101 cm³/mol. The molecule has 0 saturated carbocycles. The highest BCUT2D eigenvalue weighted by molar-refractivity contribution is 6.32. The molecule has 0 aliphatic heterocycles. The summed E-state index contributed by atoms with van der Waals surface area (Å²) in [4.78, 5) is 35.0. The number of esters is 1. The number of rotatable bonds is 6. The first-order chi connectivity index (χ1) is 12.8. The van der Waals surface area contributed by atoms with Crippen LogP contribution in [0.1, 0.15) is 25.5 Å². The van der Waals surface area contributed by atoms with Crippen molar-refractivity contribution in [2.75, 3.05) is 5.32 Å². The molecule has 0 fully saturated rings. The second-order valence-electron chi connectivity index (χ2n) is 5.86. The molecule has 2 aromatic carbocycles. The van der Waals surface area contributed by atoms with E-state index < -0.39 is 22.9 Å². The van der Waals surface area contributed by atoms with E-state index in [9.17, 15) is 19.7 Å². The lowest BCUT2D eigenvalue weighted by atomic mass is 10.1. The van der Waals surface area contributed by atoms with Crippen LogP contribution in [0.4, 0.5) is 11.4 Å². The van der Waals surface area contributed by atoms with Crippen LogP contribution in [0.15, 0.2) is 60.2 Å². The van der Waals surface area contributed by atoms with Crippen LogP contribution in [0.2, 0.25) is 5.02 Å². The number of nitrogens with one attached hydrogen (secondary N) is 1. The molecule has 0 heterocycles. The van der Waals surface area contributed by atoms with Gasteiger partial charge in [0.25, 0.3) is 11.6 Å². The Balaban J connectivity index is 2.29. The van der Waals surface area contributed by atoms with Crippen molar-refractivity contribution in [2.24, 2.45) is 0 Å². The minimum absolute atomic E-state index is 0.0485. The number of nitro groups is 1. The van der Waals surface area contributed by atoms with Crippen LogP contribution in [0.25, 0.3) is 0 Å². The molecule has 2 rings (SSSR count). The fourth-order valence-corrected chi connectivity index (χ4v) is 2.41. The summed E-state index contributed by atoms with van der Waals surface area (Å²) in [5.74, 6) is -1.31. The Labute approximate surface area is 160 Å². The van der Waals surface area contributed by atoms with E-state index >= 15 is 0 Å². The Morgan fingerprint density at radius 1 is 1.19 bits per heavy atom. The number of carbonyl (C=O) groups is 2. The Kier molecular flexibility index (Phi) is 6.67. The van der Waals surface area contributed by atoms with Crippen molar-refractivity contribution in [1.82, 2.24) is 0 Å². The van der Waals surface area contributed by atoms with E-state index in [1.54, 1.807) is 44.2 Å². The van der Waals surface area contributed by atoms with E-state index in [0.717, 1.165) is 11.6 Å². The average Bonchev–Trinajstić information content (AvgIpc) is 2.61. The summed E-state index contributed by atoms with van der Waals surface area (Å²) in [7, 11) is 0. The van der Waals surface area contributed by atoms with Gasteiger partial charge in [0.1, 0.15) is 5.02 Å². The molecule has 1 amide bonds. The van der Waals surface area contributed by atoms with Gasteiger partial charge in [-0.3, -0.25) is 14.9 Å². The molecule has 0 aliphatic rings. The highest BCUT2D eigenvalue weighted by Gasteiger charge is 2.25. The SMILES string of the molecule is CC(C)=CC(=O)O[C@@H](C(=O)Nc1ccc(Cl)c([N+](=O)[O-])c1)c1ccccc1. The van der Waals surface area contributed by atoms with Gasteiger partial charge in [0.05, 0.1) is 4.92 Å². The van der Waals surface area contributed by atoms with Crippen LogP contribution in [-0.2, 0) is 14.3 Å². The third-order valence-electron chi connectivity index (χ3n) is 3.39. The van der Waals surface area contributed by atoms with E-state index in [-0.39, 0.29) is 16.4 Å². The molecule has 140 valence electrons. The maximum Gasteiger partial charge on any atom is 0.331 e. The first-order valence-corrected chi connectivity index (χ1v) is 8.31. The molecule has 0 spiro atoms. The van der Waals surface area contributed by atoms with E-state index in [2.05, 4.69) is 5.32 Å². The summed E-state index contributed by atoms with van der Waals surface area (Å²) >= 11 is 5.77. The fraction of sp³-hybridized carbons (Fsp3) is 0.158. The summed E-state index contributed by atoms with van der Waals surface area (Å²) in [5, 5.41) is 13.5. The Bertz CT molecular complexity index is 892. The van der Waals surface area contributed by atoms with E-state index in [1.165, 1.54) is 18.2 Å². The van der Waals surface area contributed by atoms with Crippen LogP contribution >= 0.6 is 11.6 Å². The monoisotopic (exact) mass is 388 g/mol. The van der Waals surface area contributed by atoms with Crippen LogP contribution in [-0.4, -0.2) is 16.8 Å². The number of carbonyl (C=O) groups excluding carboxylic acids is 2. The summed E-state index contributed by atoms with van der Waals surface area (Å²) in [6.07, 6.45) is 0.0557. The summed E-state index contributed by atoms with van der Waals surface area (Å²) < 4.78 is 5.30. The lowest BCUT2D eigenvalue weighted by Crippen LogP contribution is -2.25. The molecule has 8 heteroatoms. The lowest BCUT2D eigenvalue weighted by Gasteiger charge is -2.17. The van der Waals surface area contributed by atoms with Gasteiger partial charge in [-0.2, -0.15) is 0 Å². The molecular formula is C19H17ClN2O5. The quantitative estimate of drug-likeness (QED) is 0.341. The zero-order chi connectivity index (χ0) is 20.0. The second-order valence-corrected chi connectivity index (χ2v) is 6.27. The molecule has 0 unspecified atom stereocenters. The topological polar surface area (TPSA) is 98.5 Å². The normalized spacial score (nSPS) is 11.2. The number of amides is 1. The van der Waals surface area contributed by atoms with Gasteiger partial charge in [0.2, 0.25) is 6.10 Å². The predicted octanol–water partition coefficient (Wildman–Crippen LogP) is 4.44. The van der Waals surface area contributed by atoms with Gasteiger partial charge in [0, 0.05) is 23.4 Å². The van der Waals surface area contributed by atoms with Crippen molar-refractivity contribution in [2.45, 2.75) is 20.0 Å². The molecule has 1 atom stereocenters. The highest BCUT2D eigenvalue weighted by atomic mass is 35.5. The molecule has 7 nitrogen and oxygen atoms in total. The van der Waals surface area contributed by atoms with Crippen molar-refractivity contribution >= 4 is 34.9 Å². The summed E-state index contributed by atoms with van der Waals surface area (Å²) in [5.41, 5.74) is 1.01. The van der Waals surface area contributed by atoms with Crippen molar-refractivity contribution in [1.29, 1.82) is 0 Å². The lowest BCUT2D eigenvalue weighted by molar-refractivity contribution is -0.384. The Morgan fingerprint density at radius 2 is 1.85 bits per heavy atom. The molecule has 2 aromatic rings. The van der Waals surface area contributed by atoms with Gasteiger partial charge in [-0.05, 0) is 26.0 Å². The summed E-state index contributed by atoms with van der Waals surface area (Å²) in [6, 6.07) is 12.3. The molecule has 0 aliphatic carbocycles. The van der Waals surface area contributed by atoms with Gasteiger partial charge in [0.15, 0.2) is 0 Å². The van der Waals surface area contributed by atoms with Crippen LogP contribution < -0.4 is 5.32 Å². The molecule has 1 N–H and O–H groups in total. The maximum atomic E-state index is 12.7. The molecule has 27 heavy (non-hydrogen) atoms. The van der Waals surface area contributed by atoms with Gasteiger partial charge < -0.3 is 10.1 Å². The number of halogens is 1. The van der Waals surface area contributed by atoms with E-state index in [0.29, 0.717) is 5.56 Å². The molecule has 0 aromatic heterocycles. The van der Waals surface area contributed by atoms with Crippen molar-refractivity contribution in [3.8, 4) is 0 Å². The van der Waals surface area contributed by atoms with Crippen LogP contribution in [0, 0.1) is 10.1 Å². The number of hydrogen-bond donors (Lipinski definition) is 1. The zero-order valence-electron chi connectivity index (χ0n) is 14.6. The third kappa shape index (κ3) is 5.65. The van der Waals surface area contributed by atoms with Crippen LogP contribution in [0.3, 0.4) is 0 Å². The van der Waals surface area contributed by atoms with Gasteiger partial charge in [-0.15, -0.1) is 0 Å². The smallest absolute Gasteiger partial charge is 0.331 e. The maximum absolute atomic E-state index is 12.7. The van der Waals surface area contributed by atoms with Gasteiger partial charge >= 0.3 is 5.97 Å². The first kappa shape index (κ1) is 20.1.